The van der Waals surface area contributed by atoms with Crippen LogP contribution < -0.4 is 24.8 Å². The van der Waals surface area contributed by atoms with Crippen molar-refractivity contribution in [2.45, 2.75) is 25.5 Å². The molecule has 1 fully saturated rings. The third kappa shape index (κ3) is 6.34. The van der Waals surface area contributed by atoms with Crippen LogP contribution in [0.4, 0.5) is 5.69 Å². The summed E-state index contributed by atoms with van der Waals surface area (Å²) in [7, 11) is 3.15. The maximum atomic E-state index is 13.0. The van der Waals surface area contributed by atoms with Crippen LogP contribution in [0.1, 0.15) is 39.1 Å². The van der Waals surface area contributed by atoms with E-state index in [9.17, 15) is 9.59 Å². The van der Waals surface area contributed by atoms with E-state index in [4.69, 9.17) is 18.9 Å². The molecule has 1 aliphatic heterocycles. The predicted molar refractivity (Wildman–Crippen MR) is 136 cm³/mol. The van der Waals surface area contributed by atoms with Gasteiger partial charge in [0.1, 0.15) is 12.4 Å². The first-order chi connectivity index (χ1) is 17.6. The normalized spacial score (nSPS) is 14.7. The molecule has 0 spiro atoms. The highest BCUT2D eigenvalue weighted by atomic mass is 16.5. The molecule has 0 bridgehead atoms. The molecule has 3 aromatic carbocycles. The van der Waals surface area contributed by atoms with Crippen LogP contribution in [0.2, 0.25) is 0 Å². The van der Waals surface area contributed by atoms with Gasteiger partial charge in [0, 0.05) is 18.7 Å². The van der Waals surface area contributed by atoms with Crippen LogP contribution in [0.5, 0.6) is 17.2 Å². The molecule has 0 aromatic heterocycles. The van der Waals surface area contributed by atoms with Crippen molar-refractivity contribution in [3.8, 4) is 17.2 Å². The maximum absolute atomic E-state index is 13.0. The summed E-state index contributed by atoms with van der Waals surface area (Å²) >= 11 is 0. The molecule has 0 aliphatic carbocycles. The van der Waals surface area contributed by atoms with Crippen molar-refractivity contribution in [3.05, 3.63) is 83.4 Å². The van der Waals surface area contributed by atoms with Crippen LogP contribution in [0.15, 0.2) is 66.7 Å². The van der Waals surface area contributed by atoms with Gasteiger partial charge in [0.15, 0.2) is 11.5 Å². The second-order valence-corrected chi connectivity index (χ2v) is 8.34. The lowest BCUT2D eigenvalue weighted by Gasteiger charge is -2.15. The molecular formula is C28H30N2O6. The lowest BCUT2D eigenvalue weighted by molar-refractivity contribution is 0.0669. The van der Waals surface area contributed by atoms with Crippen LogP contribution in [0.3, 0.4) is 0 Å². The Morgan fingerprint density at radius 1 is 0.944 bits per heavy atom. The van der Waals surface area contributed by atoms with Crippen molar-refractivity contribution in [1.82, 2.24) is 5.32 Å². The fourth-order valence-electron chi connectivity index (χ4n) is 3.90. The molecule has 1 aliphatic rings. The molecule has 1 saturated heterocycles. The van der Waals surface area contributed by atoms with Gasteiger partial charge in [-0.2, -0.15) is 0 Å². The summed E-state index contributed by atoms with van der Waals surface area (Å²) in [5.41, 5.74) is 2.10. The van der Waals surface area contributed by atoms with E-state index < -0.39 is 0 Å². The second kappa shape index (κ2) is 12.1. The number of amides is 2. The standard InChI is InChI=1S/C28H30N2O6/c1-33-21-12-10-20(11-13-21)27(31)30-24-8-4-3-7-23(24)28(32)29-17-19-9-14-25(26(16-19)34-2)36-18-22-6-5-15-35-22/h3-4,7-14,16,22H,5-6,15,17-18H2,1-2H3,(H,29,32)(H,30,31). The quantitative estimate of drug-likeness (QED) is 0.436. The first-order valence-electron chi connectivity index (χ1n) is 11.8. The number of rotatable bonds is 10. The Bertz CT molecular complexity index is 1190. The molecule has 1 unspecified atom stereocenters. The van der Waals surface area contributed by atoms with Crippen molar-refractivity contribution in [1.29, 1.82) is 0 Å². The van der Waals surface area contributed by atoms with Gasteiger partial charge < -0.3 is 29.6 Å². The third-order valence-electron chi connectivity index (χ3n) is 5.90. The number of ether oxygens (including phenoxy) is 4. The first kappa shape index (κ1) is 25.1. The van der Waals surface area contributed by atoms with Gasteiger partial charge >= 0.3 is 0 Å². The minimum atomic E-state index is -0.318. The maximum Gasteiger partial charge on any atom is 0.255 e. The van der Waals surface area contributed by atoms with Crippen LogP contribution in [0.25, 0.3) is 0 Å². The number of nitrogens with one attached hydrogen (secondary N) is 2. The molecule has 0 saturated carbocycles. The van der Waals surface area contributed by atoms with E-state index in [1.165, 1.54) is 0 Å². The van der Waals surface area contributed by atoms with Gasteiger partial charge in [0.2, 0.25) is 0 Å². The largest absolute Gasteiger partial charge is 0.497 e. The Labute approximate surface area is 210 Å². The van der Waals surface area contributed by atoms with Crippen molar-refractivity contribution in [3.63, 3.8) is 0 Å². The Balaban J connectivity index is 1.38. The number of hydrogen-bond donors (Lipinski definition) is 2. The highest BCUT2D eigenvalue weighted by Gasteiger charge is 2.18. The van der Waals surface area contributed by atoms with E-state index in [0.717, 1.165) is 25.0 Å². The second-order valence-electron chi connectivity index (χ2n) is 8.34. The molecule has 2 N–H and O–H groups in total. The molecule has 3 aromatic rings. The van der Waals surface area contributed by atoms with Crippen LogP contribution in [0, 0.1) is 0 Å². The van der Waals surface area contributed by atoms with Gasteiger partial charge in [-0.3, -0.25) is 9.59 Å². The van der Waals surface area contributed by atoms with Gasteiger partial charge in [-0.15, -0.1) is 0 Å². The van der Waals surface area contributed by atoms with Crippen molar-refractivity contribution >= 4 is 17.5 Å². The van der Waals surface area contributed by atoms with Crippen LogP contribution in [-0.4, -0.2) is 45.4 Å². The zero-order valence-electron chi connectivity index (χ0n) is 20.4. The van der Waals surface area contributed by atoms with Crippen molar-refractivity contribution in [2.75, 3.05) is 32.8 Å². The first-order valence-corrected chi connectivity index (χ1v) is 11.8. The molecule has 2 amide bonds. The Hall–Kier alpha value is -4.04. The van der Waals surface area contributed by atoms with E-state index in [2.05, 4.69) is 10.6 Å². The molecule has 0 radical (unpaired) electrons. The number of benzene rings is 3. The minimum absolute atomic E-state index is 0.110. The zero-order chi connectivity index (χ0) is 25.3. The lowest BCUT2D eigenvalue weighted by Crippen LogP contribution is -2.25. The molecule has 1 heterocycles. The van der Waals surface area contributed by atoms with E-state index in [1.54, 1.807) is 62.8 Å². The summed E-state index contributed by atoms with van der Waals surface area (Å²) in [6, 6.07) is 19.2. The van der Waals surface area contributed by atoms with E-state index in [-0.39, 0.29) is 24.5 Å². The predicted octanol–water partition coefficient (Wildman–Crippen LogP) is 4.44. The molecule has 4 rings (SSSR count). The number of hydrogen-bond acceptors (Lipinski definition) is 6. The fraction of sp³-hybridized carbons (Fsp3) is 0.286. The molecule has 1 atom stereocenters. The number of para-hydroxylation sites is 1. The highest BCUT2D eigenvalue weighted by Crippen LogP contribution is 2.29. The van der Waals surface area contributed by atoms with Gasteiger partial charge in [0.25, 0.3) is 11.8 Å². The molecule has 8 nitrogen and oxygen atoms in total. The monoisotopic (exact) mass is 490 g/mol. The van der Waals surface area contributed by atoms with Gasteiger partial charge in [-0.1, -0.05) is 18.2 Å². The number of anilines is 1. The fourth-order valence-corrected chi connectivity index (χ4v) is 3.90. The lowest BCUT2D eigenvalue weighted by atomic mass is 10.1. The SMILES string of the molecule is COc1ccc(C(=O)Nc2ccccc2C(=O)NCc2ccc(OCC3CCCO3)c(OC)c2)cc1. The Morgan fingerprint density at radius 2 is 1.75 bits per heavy atom. The topological polar surface area (TPSA) is 95.1 Å². The Kier molecular flexibility index (Phi) is 8.41. The summed E-state index contributed by atoms with van der Waals surface area (Å²) in [4.78, 5) is 25.7. The molecular weight excluding hydrogens is 460 g/mol. The van der Waals surface area contributed by atoms with Gasteiger partial charge in [-0.25, -0.2) is 0 Å². The number of methoxy groups -OCH3 is 2. The van der Waals surface area contributed by atoms with E-state index in [1.807, 2.05) is 18.2 Å². The van der Waals surface area contributed by atoms with Gasteiger partial charge in [0.05, 0.1) is 31.6 Å². The summed E-state index contributed by atoms with van der Waals surface area (Å²) < 4.78 is 22.1. The average Bonchev–Trinajstić information content (AvgIpc) is 3.45. The van der Waals surface area contributed by atoms with Crippen LogP contribution in [-0.2, 0) is 11.3 Å². The molecule has 8 heteroatoms. The third-order valence-corrected chi connectivity index (χ3v) is 5.90. The highest BCUT2D eigenvalue weighted by molar-refractivity contribution is 6.09. The van der Waals surface area contributed by atoms with Crippen molar-refractivity contribution in [2.24, 2.45) is 0 Å². The number of carbonyl (C=O) groups excluding carboxylic acids is 2. The van der Waals surface area contributed by atoms with Crippen LogP contribution >= 0.6 is 0 Å². The smallest absolute Gasteiger partial charge is 0.255 e. The average molecular weight is 491 g/mol. The Morgan fingerprint density at radius 3 is 2.47 bits per heavy atom. The summed E-state index contributed by atoms with van der Waals surface area (Å²) in [6.45, 7) is 1.53. The van der Waals surface area contributed by atoms with Crippen molar-refractivity contribution < 1.29 is 28.5 Å². The summed E-state index contributed by atoms with van der Waals surface area (Å²) in [5.74, 6) is 1.26. The van der Waals surface area contributed by atoms with E-state index in [0.29, 0.717) is 40.7 Å². The molecule has 188 valence electrons. The minimum Gasteiger partial charge on any atom is -0.497 e. The summed E-state index contributed by atoms with van der Waals surface area (Å²) in [5, 5.41) is 5.73. The van der Waals surface area contributed by atoms with Gasteiger partial charge in [-0.05, 0) is 66.9 Å². The number of carbonyl (C=O) groups is 2. The summed E-state index contributed by atoms with van der Waals surface area (Å²) in [6.07, 6.45) is 2.16. The van der Waals surface area contributed by atoms with E-state index >= 15 is 0 Å². The zero-order valence-corrected chi connectivity index (χ0v) is 20.4. The molecule has 36 heavy (non-hydrogen) atoms.